The van der Waals surface area contributed by atoms with Crippen molar-refractivity contribution >= 4 is 44.8 Å². The van der Waals surface area contributed by atoms with Gasteiger partial charge < -0.3 is 10.1 Å². The molecule has 6 aromatic rings. The van der Waals surface area contributed by atoms with Crippen LogP contribution in [0, 0.1) is 25.2 Å². The van der Waals surface area contributed by atoms with Crippen LogP contribution in [0.1, 0.15) is 22.3 Å². The van der Waals surface area contributed by atoms with Crippen LogP contribution in [0.15, 0.2) is 78.3 Å². The number of halogens is 1. The van der Waals surface area contributed by atoms with E-state index in [1.54, 1.807) is 4.68 Å². The molecule has 0 atom stereocenters. The molecule has 3 heterocycles. The first-order valence-corrected chi connectivity index (χ1v) is 13.7. The Bertz CT molecular complexity index is 1870. The highest BCUT2D eigenvalue weighted by atomic mass is 35.5. The molecule has 0 spiro atoms. The van der Waals surface area contributed by atoms with E-state index in [1.807, 2.05) is 92.2 Å². The summed E-state index contributed by atoms with van der Waals surface area (Å²) in [5.74, 6) is 1.57. The summed E-state index contributed by atoms with van der Waals surface area (Å²) in [6, 6.07) is 23.3. The van der Waals surface area contributed by atoms with Gasteiger partial charge in [0.1, 0.15) is 16.1 Å². The zero-order chi connectivity index (χ0) is 27.6. The first kappa shape index (κ1) is 25.5. The van der Waals surface area contributed by atoms with Gasteiger partial charge in [0.2, 0.25) is 11.8 Å². The Labute approximate surface area is 239 Å². The van der Waals surface area contributed by atoms with E-state index >= 15 is 0 Å². The van der Waals surface area contributed by atoms with Crippen molar-refractivity contribution in [1.82, 2.24) is 25.0 Å². The zero-order valence-electron chi connectivity index (χ0n) is 21.6. The minimum Gasteiger partial charge on any atom is -0.437 e. The second kappa shape index (κ2) is 10.8. The number of rotatable bonds is 7. The quantitative estimate of drug-likeness (QED) is 0.212. The van der Waals surface area contributed by atoms with Gasteiger partial charge in [-0.15, -0.1) is 16.4 Å². The molecule has 0 bridgehead atoms. The Morgan fingerprint density at radius 1 is 1.02 bits per heavy atom. The molecule has 1 N–H and O–H groups in total. The minimum absolute atomic E-state index is 0.420. The number of hydrogen-bond acceptors (Lipinski definition) is 8. The Kier molecular flexibility index (Phi) is 6.86. The van der Waals surface area contributed by atoms with Gasteiger partial charge in [-0.2, -0.15) is 10.2 Å². The average Bonchev–Trinajstić information content (AvgIpc) is 3.62. The van der Waals surface area contributed by atoms with E-state index in [2.05, 4.69) is 31.7 Å². The lowest BCUT2D eigenvalue weighted by Gasteiger charge is -2.13. The van der Waals surface area contributed by atoms with Gasteiger partial charge in [0.15, 0.2) is 0 Å². The van der Waals surface area contributed by atoms with Crippen LogP contribution in [0.4, 0.5) is 11.6 Å². The normalized spacial score (nSPS) is 10.9. The third-order valence-electron chi connectivity index (χ3n) is 6.33. The SMILES string of the molecule is Cc1cc(C#N)cc(C)c1Oc1nc(Nc2ccc(-c3cn(Cc4ccccc4Cl)nn3)cc2)nc2ccsc12. The van der Waals surface area contributed by atoms with E-state index in [1.165, 1.54) is 11.3 Å². The summed E-state index contributed by atoms with van der Waals surface area (Å²) in [5, 5.41) is 23.8. The molecule has 6 rings (SSSR count). The van der Waals surface area contributed by atoms with Crippen molar-refractivity contribution in [2.24, 2.45) is 0 Å². The fourth-order valence-electron chi connectivity index (χ4n) is 4.40. The van der Waals surface area contributed by atoms with Gasteiger partial charge in [-0.05, 0) is 72.3 Å². The maximum atomic E-state index is 9.27. The van der Waals surface area contributed by atoms with Gasteiger partial charge in [-0.25, -0.2) is 9.67 Å². The summed E-state index contributed by atoms with van der Waals surface area (Å²) in [6.07, 6.45) is 1.90. The molecule has 3 aromatic carbocycles. The molecule has 0 saturated heterocycles. The number of fused-ring (bicyclic) bond motifs is 1. The Balaban J connectivity index is 1.22. The Morgan fingerprint density at radius 2 is 1.80 bits per heavy atom. The molecule has 0 unspecified atom stereocenters. The smallest absolute Gasteiger partial charge is 0.242 e. The van der Waals surface area contributed by atoms with Crippen LogP contribution in [0.3, 0.4) is 0 Å². The zero-order valence-corrected chi connectivity index (χ0v) is 23.2. The van der Waals surface area contributed by atoms with E-state index in [4.69, 9.17) is 16.3 Å². The summed E-state index contributed by atoms with van der Waals surface area (Å²) in [4.78, 5) is 9.35. The molecular weight excluding hydrogens is 542 g/mol. The van der Waals surface area contributed by atoms with Crippen LogP contribution >= 0.6 is 22.9 Å². The molecule has 0 radical (unpaired) electrons. The monoisotopic (exact) mass is 563 g/mol. The maximum absolute atomic E-state index is 9.27. The van der Waals surface area contributed by atoms with Gasteiger partial charge in [0, 0.05) is 16.3 Å². The number of aryl methyl sites for hydroxylation is 2. The van der Waals surface area contributed by atoms with Gasteiger partial charge in [-0.1, -0.05) is 47.1 Å². The summed E-state index contributed by atoms with van der Waals surface area (Å²) in [7, 11) is 0. The molecule has 0 amide bonds. The summed E-state index contributed by atoms with van der Waals surface area (Å²) in [5.41, 5.74) is 6.62. The molecule has 0 aliphatic carbocycles. The van der Waals surface area contributed by atoms with Crippen molar-refractivity contribution in [3.8, 4) is 29.0 Å². The van der Waals surface area contributed by atoms with Gasteiger partial charge in [0.05, 0.1) is 29.9 Å². The summed E-state index contributed by atoms with van der Waals surface area (Å²) in [6.45, 7) is 4.39. The Hall–Kier alpha value is -4.78. The van der Waals surface area contributed by atoms with Crippen LogP contribution in [-0.4, -0.2) is 25.0 Å². The fourth-order valence-corrected chi connectivity index (χ4v) is 5.35. The van der Waals surface area contributed by atoms with E-state index < -0.39 is 0 Å². The standard InChI is InChI=1S/C30H22ClN7OS/c1-18-13-20(15-32)14-19(2)27(18)39-29-28-25(11-12-40-28)34-30(35-29)33-23-9-7-21(8-10-23)26-17-38(37-36-26)16-22-5-3-4-6-24(22)31/h3-14,17H,16H2,1-2H3,(H,33,34,35). The highest BCUT2D eigenvalue weighted by Crippen LogP contribution is 2.36. The first-order valence-electron chi connectivity index (χ1n) is 12.4. The van der Waals surface area contributed by atoms with Crippen molar-refractivity contribution < 1.29 is 4.74 Å². The molecule has 0 fully saturated rings. The number of nitrogens with one attached hydrogen (secondary N) is 1. The van der Waals surface area contributed by atoms with Crippen LogP contribution in [0.2, 0.25) is 5.02 Å². The number of nitriles is 1. The molecule has 40 heavy (non-hydrogen) atoms. The molecule has 0 aliphatic heterocycles. The van der Waals surface area contributed by atoms with E-state index in [9.17, 15) is 5.26 Å². The second-order valence-electron chi connectivity index (χ2n) is 9.24. The number of nitrogens with zero attached hydrogens (tertiary/aromatic N) is 6. The lowest BCUT2D eigenvalue weighted by molar-refractivity contribution is 0.463. The van der Waals surface area contributed by atoms with E-state index in [0.717, 1.165) is 43.9 Å². The lowest BCUT2D eigenvalue weighted by Crippen LogP contribution is -2.00. The van der Waals surface area contributed by atoms with E-state index in [0.29, 0.717) is 34.7 Å². The summed E-state index contributed by atoms with van der Waals surface area (Å²) >= 11 is 7.80. The van der Waals surface area contributed by atoms with E-state index in [-0.39, 0.29) is 0 Å². The topological polar surface area (TPSA) is 102 Å². The second-order valence-corrected chi connectivity index (χ2v) is 10.6. The molecule has 196 valence electrons. The molecule has 0 saturated carbocycles. The average molecular weight is 564 g/mol. The number of anilines is 2. The molecular formula is C30H22ClN7OS. The number of aromatic nitrogens is 5. The van der Waals surface area contributed by atoms with Crippen LogP contribution in [-0.2, 0) is 6.54 Å². The predicted molar refractivity (Wildman–Crippen MR) is 157 cm³/mol. The highest BCUT2D eigenvalue weighted by Gasteiger charge is 2.15. The number of hydrogen-bond donors (Lipinski definition) is 1. The van der Waals surface area contributed by atoms with Crippen molar-refractivity contribution in [2.45, 2.75) is 20.4 Å². The molecule has 0 aliphatic rings. The van der Waals surface area contributed by atoms with Crippen molar-refractivity contribution in [2.75, 3.05) is 5.32 Å². The van der Waals surface area contributed by atoms with Gasteiger partial charge >= 0.3 is 0 Å². The molecule has 3 aromatic heterocycles. The molecule has 8 nitrogen and oxygen atoms in total. The molecule has 10 heteroatoms. The Morgan fingerprint density at radius 3 is 2.55 bits per heavy atom. The van der Waals surface area contributed by atoms with Crippen LogP contribution in [0.5, 0.6) is 11.6 Å². The summed E-state index contributed by atoms with van der Waals surface area (Å²) < 4.78 is 8.92. The predicted octanol–water partition coefficient (Wildman–Crippen LogP) is 7.68. The maximum Gasteiger partial charge on any atom is 0.242 e. The number of ether oxygens (including phenoxy) is 1. The third-order valence-corrected chi connectivity index (χ3v) is 7.59. The van der Waals surface area contributed by atoms with Crippen molar-refractivity contribution in [3.63, 3.8) is 0 Å². The number of benzene rings is 3. The minimum atomic E-state index is 0.420. The van der Waals surface area contributed by atoms with Crippen molar-refractivity contribution in [3.05, 3.63) is 106 Å². The third kappa shape index (κ3) is 5.23. The number of thiophene rings is 1. The van der Waals surface area contributed by atoms with Gasteiger partial charge in [0.25, 0.3) is 0 Å². The van der Waals surface area contributed by atoms with Crippen LogP contribution in [0.25, 0.3) is 21.5 Å². The largest absolute Gasteiger partial charge is 0.437 e. The fraction of sp³-hybridized carbons (Fsp3) is 0.100. The highest BCUT2D eigenvalue weighted by molar-refractivity contribution is 7.17. The first-order chi connectivity index (χ1) is 19.5. The van der Waals surface area contributed by atoms with Gasteiger partial charge in [-0.3, -0.25) is 0 Å². The lowest BCUT2D eigenvalue weighted by atomic mass is 10.1. The van der Waals surface area contributed by atoms with Crippen LogP contribution < -0.4 is 10.1 Å². The van der Waals surface area contributed by atoms with Crippen molar-refractivity contribution in [1.29, 1.82) is 5.26 Å².